The number of benzene rings is 1. The van der Waals surface area contributed by atoms with E-state index in [0.717, 1.165) is 0 Å². The van der Waals surface area contributed by atoms with Gasteiger partial charge < -0.3 is 16.2 Å². The van der Waals surface area contributed by atoms with E-state index >= 15 is 0 Å². The van der Waals surface area contributed by atoms with E-state index in [9.17, 15) is 9.59 Å². The quantitative estimate of drug-likeness (QED) is 0.746. The predicted molar refractivity (Wildman–Crippen MR) is 65.3 cm³/mol. The molecule has 1 rings (SSSR count). The van der Waals surface area contributed by atoms with Crippen molar-refractivity contribution in [3.63, 3.8) is 0 Å². The van der Waals surface area contributed by atoms with Crippen LogP contribution in [0.3, 0.4) is 0 Å². The first-order chi connectivity index (χ1) is 7.91. The van der Waals surface area contributed by atoms with Gasteiger partial charge in [0.25, 0.3) is 5.91 Å². The molecule has 0 aliphatic heterocycles. The molecule has 0 fully saturated rings. The summed E-state index contributed by atoms with van der Waals surface area (Å²) in [6.45, 7) is 1.77. The van der Waals surface area contributed by atoms with Crippen LogP contribution in [0.2, 0.25) is 5.02 Å². The number of carbonyl (C=O) groups excluding carboxylic acids is 1. The van der Waals surface area contributed by atoms with Crippen LogP contribution in [-0.4, -0.2) is 23.5 Å². The van der Waals surface area contributed by atoms with Crippen molar-refractivity contribution in [3.05, 3.63) is 28.8 Å². The standard InChI is InChI=1S/C11H13ClN2O3/c1-6(11(16)17)5-14-9-3-2-7(12)4-8(9)10(13)15/h2-4,6,14H,5H2,1H3,(H2,13,15)(H,16,17). The Bertz CT molecular complexity index is 448. The molecule has 1 unspecified atom stereocenters. The van der Waals surface area contributed by atoms with Gasteiger partial charge in [-0.05, 0) is 18.2 Å². The largest absolute Gasteiger partial charge is 0.481 e. The Kier molecular flexibility index (Phi) is 4.34. The van der Waals surface area contributed by atoms with Crippen molar-refractivity contribution in [1.82, 2.24) is 0 Å². The van der Waals surface area contributed by atoms with Crippen LogP contribution in [0.1, 0.15) is 17.3 Å². The van der Waals surface area contributed by atoms with Gasteiger partial charge >= 0.3 is 5.97 Å². The third kappa shape index (κ3) is 3.64. The molecule has 0 saturated carbocycles. The fraction of sp³-hybridized carbons (Fsp3) is 0.273. The lowest BCUT2D eigenvalue weighted by molar-refractivity contribution is -0.140. The van der Waals surface area contributed by atoms with Crippen LogP contribution in [0.5, 0.6) is 0 Å². The van der Waals surface area contributed by atoms with E-state index in [-0.39, 0.29) is 12.1 Å². The number of carbonyl (C=O) groups is 2. The van der Waals surface area contributed by atoms with Gasteiger partial charge in [0.05, 0.1) is 11.5 Å². The lowest BCUT2D eigenvalue weighted by Crippen LogP contribution is -2.21. The van der Waals surface area contributed by atoms with Crippen LogP contribution in [0.15, 0.2) is 18.2 Å². The van der Waals surface area contributed by atoms with Crippen LogP contribution < -0.4 is 11.1 Å². The molecule has 0 aromatic heterocycles. The highest BCUT2D eigenvalue weighted by Crippen LogP contribution is 2.20. The van der Waals surface area contributed by atoms with Crippen LogP contribution >= 0.6 is 11.6 Å². The normalized spacial score (nSPS) is 11.9. The molecule has 1 amide bonds. The van der Waals surface area contributed by atoms with E-state index in [1.165, 1.54) is 6.07 Å². The minimum Gasteiger partial charge on any atom is -0.481 e. The van der Waals surface area contributed by atoms with E-state index in [2.05, 4.69) is 5.32 Å². The second-order valence-corrected chi connectivity index (χ2v) is 4.11. The number of anilines is 1. The highest BCUT2D eigenvalue weighted by atomic mass is 35.5. The molecule has 17 heavy (non-hydrogen) atoms. The Labute approximate surface area is 104 Å². The van der Waals surface area contributed by atoms with E-state index in [4.69, 9.17) is 22.4 Å². The Balaban J connectivity index is 2.84. The van der Waals surface area contributed by atoms with Gasteiger partial charge in [-0.3, -0.25) is 9.59 Å². The SMILES string of the molecule is CC(CNc1ccc(Cl)cc1C(N)=O)C(=O)O. The van der Waals surface area contributed by atoms with Crippen molar-refractivity contribution >= 4 is 29.2 Å². The molecule has 92 valence electrons. The minimum absolute atomic E-state index is 0.206. The number of aliphatic carboxylic acids is 1. The Hall–Kier alpha value is -1.75. The predicted octanol–water partition coefficient (Wildman–Crippen LogP) is 1.57. The molecular weight excluding hydrogens is 244 g/mol. The van der Waals surface area contributed by atoms with Gasteiger partial charge in [-0.1, -0.05) is 18.5 Å². The molecule has 0 aliphatic rings. The monoisotopic (exact) mass is 256 g/mol. The summed E-state index contributed by atoms with van der Waals surface area (Å²) in [5, 5.41) is 12.0. The average molecular weight is 257 g/mol. The number of hydrogen-bond acceptors (Lipinski definition) is 3. The second-order valence-electron chi connectivity index (χ2n) is 3.67. The van der Waals surface area contributed by atoms with Crippen LogP contribution in [0.4, 0.5) is 5.69 Å². The Morgan fingerprint density at radius 1 is 1.53 bits per heavy atom. The minimum atomic E-state index is -0.910. The first-order valence-corrected chi connectivity index (χ1v) is 5.35. The maximum absolute atomic E-state index is 11.2. The molecule has 0 heterocycles. The molecule has 1 aromatic rings. The van der Waals surface area contributed by atoms with Crippen molar-refractivity contribution in [2.45, 2.75) is 6.92 Å². The van der Waals surface area contributed by atoms with Gasteiger partial charge in [0.1, 0.15) is 0 Å². The maximum Gasteiger partial charge on any atom is 0.308 e. The summed E-state index contributed by atoms with van der Waals surface area (Å²) < 4.78 is 0. The number of amides is 1. The summed E-state index contributed by atoms with van der Waals surface area (Å²) in [4.78, 5) is 21.8. The van der Waals surface area contributed by atoms with E-state index in [0.29, 0.717) is 10.7 Å². The first-order valence-electron chi connectivity index (χ1n) is 4.98. The van der Waals surface area contributed by atoms with Gasteiger partial charge in [0.2, 0.25) is 0 Å². The van der Waals surface area contributed by atoms with Gasteiger partial charge in [-0.25, -0.2) is 0 Å². The molecule has 1 aromatic carbocycles. The third-order valence-corrected chi connectivity index (χ3v) is 2.50. The number of halogens is 1. The lowest BCUT2D eigenvalue weighted by atomic mass is 10.1. The summed E-state index contributed by atoms with van der Waals surface area (Å²) in [7, 11) is 0. The highest BCUT2D eigenvalue weighted by molar-refractivity contribution is 6.31. The molecule has 0 radical (unpaired) electrons. The smallest absolute Gasteiger partial charge is 0.308 e. The van der Waals surface area contributed by atoms with Gasteiger partial charge in [0.15, 0.2) is 0 Å². The highest BCUT2D eigenvalue weighted by Gasteiger charge is 2.13. The number of rotatable bonds is 5. The summed E-state index contributed by atoms with van der Waals surface area (Å²) in [6.07, 6.45) is 0. The summed E-state index contributed by atoms with van der Waals surface area (Å²) in [6, 6.07) is 4.64. The molecule has 1 atom stereocenters. The summed E-state index contributed by atoms with van der Waals surface area (Å²) in [5.74, 6) is -2.09. The fourth-order valence-electron chi connectivity index (χ4n) is 1.22. The molecule has 0 saturated heterocycles. The van der Waals surface area contributed by atoms with E-state index in [1.54, 1.807) is 19.1 Å². The topological polar surface area (TPSA) is 92.4 Å². The second kappa shape index (κ2) is 5.54. The number of nitrogens with two attached hydrogens (primary N) is 1. The first kappa shape index (κ1) is 13.3. The zero-order valence-corrected chi connectivity index (χ0v) is 9.99. The zero-order chi connectivity index (χ0) is 13.0. The molecule has 6 heteroatoms. The number of carboxylic acids is 1. The number of hydrogen-bond donors (Lipinski definition) is 3. The fourth-order valence-corrected chi connectivity index (χ4v) is 1.40. The van der Waals surface area contributed by atoms with E-state index < -0.39 is 17.8 Å². The van der Waals surface area contributed by atoms with Crippen molar-refractivity contribution in [2.75, 3.05) is 11.9 Å². The third-order valence-electron chi connectivity index (χ3n) is 2.27. The molecule has 0 spiro atoms. The van der Waals surface area contributed by atoms with Crippen molar-refractivity contribution < 1.29 is 14.7 Å². The van der Waals surface area contributed by atoms with E-state index in [1.807, 2.05) is 0 Å². The van der Waals surface area contributed by atoms with Gasteiger partial charge in [-0.2, -0.15) is 0 Å². The van der Waals surface area contributed by atoms with Crippen molar-refractivity contribution in [1.29, 1.82) is 0 Å². The average Bonchev–Trinajstić information content (AvgIpc) is 2.26. The molecule has 0 aliphatic carbocycles. The Morgan fingerprint density at radius 2 is 2.18 bits per heavy atom. The molecule has 4 N–H and O–H groups in total. The molecular formula is C11H13ClN2O3. The summed E-state index contributed by atoms with van der Waals surface area (Å²) in [5.41, 5.74) is 5.92. The van der Waals surface area contributed by atoms with Crippen molar-refractivity contribution in [3.8, 4) is 0 Å². The van der Waals surface area contributed by atoms with Crippen LogP contribution in [-0.2, 0) is 4.79 Å². The molecule has 5 nitrogen and oxygen atoms in total. The maximum atomic E-state index is 11.2. The number of carboxylic acid groups (broad SMARTS) is 1. The zero-order valence-electron chi connectivity index (χ0n) is 9.24. The molecule has 0 bridgehead atoms. The number of nitrogens with one attached hydrogen (secondary N) is 1. The van der Waals surface area contributed by atoms with Crippen molar-refractivity contribution in [2.24, 2.45) is 11.7 Å². The van der Waals surface area contributed by atoms with Crippen LogP contribution in [0.25, 0.3) is 0 Å². The van der Waals surface area contributed by atoms with Gasteiger partial charge in [-0.15, -0.1) is 0 Å². The lowest BCUT2D eigenvalue weighted by Gasteiger charge is -2.12. The number of primary amides is 1. The Morgan fingerprint density at radius 3 is 2.71 bits per heavy atom. The van der Waals surface area contributed by atoms with Gasteiger partial charge in [0, 0.05) is 17.3 Å². The van der Waals surface area contributed by atoms with Crippen LogP contribution in [0, 0.1) is 5.92 Å². The summed E-state index contributed by atoms with van der Waals surface area (Å²) >= 11 is 5.74.